The second kappa shape index (κ2) is 22.3. The van der Waals surface area contributed by atoms with Gasteiger partial charge in [-0.25, -0.2) is 4.79 Å². The first kappa shape index (κ1) is 25.2. The van der Waals surface area contributed by atoms with E-state index in [0.717, 1.165) is 6.42 Å². The van der Waals surface area contributed by atoms with E-state index in [-0.39, 0.29) is 5.97 Å². The van der Waals surface area contributed by atoms with Gasteiger partial charge in [0, 0.05) is 6.08 Å². The van der Waals surface area contributed by atoms with Crippen molar-refractivity contribution < 1.29 is 9.53 Å². The molecule has 154 valence electrons. The molecule has 26 heavy (non-hydrogen) atoms. The third kappa shape index (κ3) is 21.3. The maximum Gasteiger partial charge on any atom is 0.330 e. The van der Waals surface area contributed by atoms with Crippen molar-refractivity contribution in [2.45, 2.75) is 129 Å². The highest BCUT2D eigenvalue weighted by Crippen LogP contribution is 2.14. The smallest absolute Gasteiger partial charge is 0.330 e. The molecule has 0 N–H and O–H groups in total. The van der Waals surface area contributed by atoms with E-state index in [2.05, 4.69) is 6.92 Å². The minimum Gasteiger partial charge on any atom is -0.463 e. The lowest BCUT2D eigenvalue weighted by atomic mass is 10.0. The maximum absolute atomic E-state index is 11.1. The highest BCUT2D eigenvalue weighted by molar-refractivity contribution is 5.81. The van der Waals surface area contributed by atoms with Crippen LogP contribution in [0.25, 0.3) is 0 Å². The normalized spacial score (nSPS) is 11.3. The van der Waals surface area contributed by atoms with E-state index in [1.54, 1.807) is 6.08 Å². The molecule has 0 aromatic carbocycles. The number of hydrogen-bond donors (Lipinski definition) is 0. The molecule has 0 spiro atoms. The first-order valence-corrected chi connectivity index (χ1v) is 11.6. The van der Waals surface area contributed by atoms with Crippen LogP contribution in [0.2, 0.25) is 0 Å². The van der Waals surface area contributed by atoms with E-state index < -0.39 is 0 Å². The fraction of sp³-hybridized carbons (Fsp3) is 0.875. The lowest BCUT2D eigenvalue weighted by molar-refractivity contribution is -0.137. The molecule has 0 atom stereocenters. The molecule has 0 radical (unpaired) electrons. The molecule has 0 unspecified atom stereocenters. The zero-order valence-corrected chi connectivity index (χ0v) is 17.9. The van der Waals surface area contributed by atoms with E-state index in [4.69, 9.17) is 4.74 Å². The van der Waals surface area contributed by atoms with Crippen molar-refractivity contribution >= 4 is 5.97 Å². The summed E-state index contributed by atoms with van der Waals surface area (Å²) in [5.74, 6) is -0.209. The third-order valence-corrected chi connectivity index (χ3v) is 5.04. The number of carbonyl (C=O) groups excluding carboxylic acids is 1. The third-order valence-electron chi connectivity index (χ3n) is 5.04. The molecule has 0 aliphatic heterocycles. The van der Waals surface area contributed by atoms with Crippen molar-refractivity contribution in [1.82, 2.24) is 0 Å². The average molecular weight is 367 g/mol. The quantitative estimate of drug-likeness (QED) is 0.123. The van der Waals surface area contributed by atoms with Crippen LogP contribution in [-0.2, 0) is 9.53 Å². The molecule has 0 aliphatic rings. The molecule has 0 aromatic heterocycles. The molecule has 2 nitrogen and oxygen atoms in total. The second-order valence-electron chi connectivity index (χ2n) is 7.68. The molecule has 0 aromatic rings. The summed E-state index contributed by atoms with van der Waals surface area (Å²) in [4.78, 5) is 11.1. The van der Waals surface area contributed by atoms with Crippen LogP contribution in [0.15, 0.2) is 12.2 Å². The van der Waals surface area contributed by atoms with Crippen LogP contribution in [0.1, 0.15) is 129 Å². The Morgan fingerprint density at radius 2 is 0.962 bits per heavy atom. The van der Waals surface area contributed by atoms with Gasteiger partial charge in [0.05, 0.1) is 6.61 Å². The van der Waals surface area contributed by atoms with E-state index in [1.807, 2.05) is 6.92 Å². The van der Waals surface area contributed by atoms with Crippen molar-refractivity contribution in [3.63, 3.8) is 0 Å². The van der Waals surface area contributed by atoms with Crippen LogP contribution < -0.4 is 0 Å². The number of hydrogen-bond acceptors (Lipinski definition) is 2. The summed E-state index contributed by atoms with van der Waals surface area (Å²) in [6.45, 7) is 4.69. The Morgan fingerprint density at radius 3 is 1.31 bits per heavy atom. The lowest BCUT2D eigenvalue weighted by Crippen LogP contribution is -2.01. The zero-order chi connectivity index (χ0) is 19.1. The first-order chi connectivity index (χ1) is 12.8. The van der Waals surface area contributed by atoms with Crippen LogP contribution in [0, 0.1) is 0 Å². The Balaban J connectivity index is 3.04. The Hall–Kier alpha value is -0.790. The highest BCUT2D eigenvalue weighted by atomic mass is 16.5. The van der Waals surface area contributed by atoms with E-state index >= 15 is 0 Å². The topological polar surface area (TPSA) is 26.3 Å². The highest BCUT2D eigenvalue weighted by Gasteiger charge is 1.97. The summed E-state index contributed by atoms with van der Waals surface area (Å²) in [6, 6.07) is 0. The SMILES string of the molecule is C/C=C/C(=O)OCCCCCCCCCCCCCCCCCCCC. The summed E-state index contributed by atoms with van der Waals surface area (Å²) in [5, 5.41) is 0. The molecule has 0 saturated heterocycles. The molecular weight excluding hydrogens is 320 g/mol. The van der Waals surface area contributed by atoms with Gasteiger partial charge in [0.1, 0.15) is 0 Å². The standard InChI is InChI=1S/C24H46O2/c1-3-5-6-7-8-9-10-11-12-13-14-15-16-17-18-19-20-21-23-26-24(25)22-4-2/h4,22H,3,5-21,23H2,1-2H3/b22-4+. The van der Waals surface area contributed by atoms with Crippen molar-refractivity contribution in [3.05, 3.63) is 12.2 Å². The Labute approximate surface area is 164 Å². The first-order valence-electron chi connectivity index (χ1n) is 11.6. The lowest BCUT2D eigenvalue weighted by Gasteiger charge is -2.04. The van der Waals surface area contributed by atoms with Crippen LogP contribution in [0.3, 0.4) is 0 Å². The number of esters is 1. The Kier molecular flexibility index (Phi) is 21.6. The van der Waals surface area contributed by atoms with Crippen LogP contribution in [-0.4, -0.2) is 12.6 Å². The molecule has 0 heterocycles. The molecule has 0 bridgehead atoms. The number of allylic oxidation sites excluding steroid dienone is 1. The minimum atomic E-state index is -0.209. The van der Waals surface area contributed by atoms with E-state index in [1.165, 1.54) is 115 Å². The molecule has 0 amide bonds. The molecular formula is C24H46O2. The van der Waals surface area contributed by atoms with Gasteiger partial charge < -0.3 is 4.74 Å². The average Bonchev–Trinajstić information content (AvgIpc) is 2.64. The summed E-state index contributed by atoms with van der Waals surface area (Å²) in [5.41, 5.74) is 0. The van der Waals surface area contributed by atoms with Crippen molar-refractivity contribution in [3.8, 4) is 0 Å². The number of rotatable bonds is 20. The monoisotopic (exact) mass is 366 g/mol. The molecule has 0 saturated carbocycles. The summed E-state index contributed by atoms with van der Waals surface area (Å²) >= 11 is 0. The summed E-state index contributed by atoms with van der Waals surface area (Å²) in [6.07, 6.45) is 28.0. The largest absolute Gasteiger partial charge is 0.463 e. The van der Waals surface area contributed by atoms with Gasteiger partial charge in [-0.3, -0.25) is 0 Å². The summed E-state index contributed by atoms with van der Waals surface area (Å²) in [7, 11) is 0. The van der Waals surface area contributed by atoms with Crippen molar-refractivity contribution in [2.75, 3.05) is 6.61 Å². The van der Waals surface area contributed by atoms with Crippen molar-refractivity contribution in [1.29, 1.82) is 0 Å². The predicted octanol–water partition coefficient (Wildman–Crippen LogP) is 8.15. The number of ether oxygens (including phenoxy) is 1. The Bertz CT molecular complexity index is 309. The van der Waals surface area contributed by atoms with Gasteiger partial charge in [-0.1, -0.05) is 122 Å². The number of carbonyl (C=O) groups is 1. The van der Waals surface area contributed by atoms with Gasteiger partial charge in [0.2, 0.25) is 0 Å². The van der Waals surface area contributed by atoms with Crippen LogP contribution >= 0.6 is 0 Å². The molecule has 2 heteroatoms. The van der Waals surface area contributed by atoms with Gasteiger partial charge in [-0.05, 0) is 13.3 Å². The zero-order valence-electron chi connectivity index (χ0n) is 17.9. The number of unbranched alkanes of at least 4 members (excludes halogenated alkanes) is 17. The van der Waals surface area contributed by atoms with Gasteiger partial charge >= 0.3 is 5.97 Å². The predicted molar refractivity (Wildman–Crippen MR) is 115 cm³/mol. The van der Waals surface area contributed by atoms with E-state index in [9.17, 15) is 4.79 Å². The molecule has 0 fully saturated rings. The molecule has 0 rings (SSSR count). The minimum absolute atomic E-state index is 0.209. The maximum atomic E-state index is 11.1. The second-order valence-corrected chi connectivity index (χ2v) is 7.68. The molecule has 0 aliphatic carbocycles. The van der Waals surface area contributed by atoms with Gasteiger partial charge in [-0.15, -0.1) is 0 Å². The van der Waals surface area contributed by atoms with Gasteiger partial charge in [0.25, 0.3) is 0 Å². The van der Waals surface area contributed by atoms with Crippen LogP contribution in [0.5, 0.6) is 0 Å². The Morgan fingerprint density at radius 1 is 0.615 bits per heavy atom. The van der Waals surface area contributed by atoms with Gasteiger partial charge in [0.15, 0.2) is 0 Å². The van der Waals surface area contributed by atoms with E-state index in [0.29, 0.717) is 6.61 Å². The summed E-state index contributed by atoms with van der Waals surface area (Å²) < 4.78 is 5.09. The van der Waals surface area contributed by atoms with Crippen molar-refractivity contribution in [2.24, 2.45) is 0 Å². The van der Waals surface area contributed by atoms with Crippen LogP contribution in [0.4, 0.5) is 0 Å². The fourth-order valence-electron chi connectivity index (χ4n) is 3.36. The van der Waals surface area contributed by atoms with Gasteiger partial charge in [-0.2, -0.15) is 0 Å². The fourth-order valence-corrected chi connectivity index (χ4v) is 3.36.